The summed E-state index contributed by atoms with van der Waals surface area (Å²) in [6.07, 6.45) is 2.74. The number of hydrogen-bond acceptors (Lipinski definition) is 4. The van der Waals surface area contributed by atoms with Gasteiger partial charge in [0.25, 0.3) is 0 Å². The Kier molecular flexibility index (Phi) is 5.18. The van der Waals surface area contributed by atoms with Crippen molar-refractivity contribution < 1.29 is 14.3 Å². The normalized spacial score (nSPS) is 15.8. The van der Waals surface area contributed by atoms with Gasteiger partial charge in [0, 0.05) is 16.6 Å². The molecule has 148 valence electrons. The average Bonchev–Trinajstić information content (AvgIpc) is 2.71. The minimum absolute atomic E-state index is 0.180. The summed E-state index contributed by atoms with van der Waals surface area (Å²) >= 11 is 0. The Morgan fingerprint density at radius 3 is 2.76 bits per heavy atom. The van der Waals surface area contributed by atoms with E-state index >= 15 is 0 Å². The zero-order valence-corrected chi connectivity index (χ0v) is 17.1. The van der Waals surface area contributed by atoms with Crippen molar-refractivity contribution in [3.8, 4) is 0 Å². The molecule has 0 amide bonds. The Hall–Kier alpha value is -3.01. The molecule has 0 N–H and O–H groups in total. The first kappa shape index (κ1) is 19.3. The van der Waals surface area contributed by atoms with E-state index in [0.29, 0.717) is 17.0 Å². The summed E-state index contributed by atoms with van der Waals surface area (Å²) in [5.74, 6) is -0.124. The van der Waals surface area contributed by atoms with E-state index in [0.717, 1.165) is 52.5 Å². The molecule has 1 aliphatic carbocycles. The number of rotatable bonds is 4. The minimum Gasteiger partial charge on any atom is -0.454 e. The van der Waals surface area contributed by atoms with Gasteiger partial charge in [-0.1, -0.05) is 42.8 Å². The number of ketones is 1. The van der Waals surface area contributed by atoms with Gasteiger partial charge in [-0.05, 0) is 62.3 Å². The van der Waals surface area contributed by atoms with E-state index in [4.69, 9.17) is 9.72 Å². The number of hydrogen-bond donors (Lipinski definition) is 0. The monoisotopic (exact) mass is 387 g/mol. The van der Waals surface area contributed by atoms with Crippen molar-refractivity contribution in [2.24, 2.45) is 5.92 Å². The van der Waals surface area contributed by atoms with Gasteiger partial charge < -0.3 is 4.74 Å². The maximum absolute atomic E-state index is 13.1. The van der Waals surface area contributed by atoms with Crippen molar-refractivity contribution >= 4 is 22.7 Å². The number of para-hydroxylation sites is 1. The maximum Gasteiger partial charge on any atom is 0.339 e. The van der Waals surface area contributed by atoms with Crippen LogP contribution in [0.15, 0.2) is 42.5 Å². The standard InChI is InChI=1S/C25H25NO3/c1-15-8-10-17(3)19(12-15)23(27)14-29-25(28)24-18-6-4-5-7-21(18)26-22-11-9-16(2)13-20(22)24/h4-8,10,12,16H,9,11,13-14H2,1-3H3. The fourth-order valence-corrected chi connectivity index (χ4v) is 4.11. The number of esters is 1. The molecule has 4 nitrogen and oxygen atoms in total. The molecule has 1 unspecified atom stereocenters. The van der Waals surface area contributed by atoms with Crippen LogP contribution in [0.4, 0.5) is 0 Å². The van der Waals surface area contributed by atoms with E-state index in [2.05, 4.69) is 6.92 Å². The quantitative estimate of drug-likeness (QED) is 0.466. The lowest BCUT2D eigenvalue weighted by molar-refractivity contribution is 0.0474. The summed E-state index contributed by atoms with van der Waals surface area (Å²) in [5, 5.41) is 0.796. The summed E-state index contributed by atoms with van der Waals surface area (Å²) in [6.45, 7) is 5.77. The second-order valence-electron chi connectivity index (χ2n) is 8.09. The number of benzene rings is 2. The van der Waals surface area contributed by atoms with Crippen LogP contribution in [0.2, 0.25) is 0 Å². The molecule has 0 spiro atoms. The smallest absolute Gasteiger partial charge is 0.339 e. The van der Waals surface area contributed by atoms with E-state index in [1.54, 1.807) is 0 Å². The molecule has 3 aromatic rings. The maximum atomic E-state index is 13.1. The fraction of sp³-hybridized carbons (Fsp3) is 0.320. The molecule has 0 bridgehead atoms. The van der Waals surface area contributed by atoms with Crippen LogP contribution in [0, 0.1) is 19.8 Å². The molecule has 0 aliphatic heterocycles. The molecule has 1 aliphatic rings. The lowest BCUT2D eigenvalue weighted by atomic mass is 9.84. The fourth-order valence-electron chi connectivity index (χ4n) is 4.11. The van der Waals surface area contributed by atoms with Crippen molar-refractivity contribution in [3.05, 3.63) is 76.0 Å². The molecular formula is C25H25NO3. The molecular weight excluding hydrogens is 362 g/mol. The highest BCUT2D eigenvalue weighted by Gasteiger charge is 2.26. The van der Waals surface area contributed by atoms with Gasteiger partial charge in [0.15, 0.2) is 6.61 Å². The van der Waals surface area contributed by atoms with Gasteiger partial charge >= 0.3 is 5.97 Å². The summed E-state index contributed by atoms with van der Waals surface area (Å²) in [6, 6.07) is 13.4. The summed E-state index contributed by atoms with van der Waals surface area (Å²) in [7, 11) is 0. The molecule has 4 heteroatoms. The number of aromatic nitrogens is 1. The second-order valence-corrected chi connectivity index (χ2v) is 8.09. The van der Waals surface area contributed by atoms with E-state index in [1.165, 1.54) is 0 Å². The molecule has 1 heterocycles. The van der Waals surface area contributed by atoms with E-state index in [9.17, 15) is 9.59 Å². The number of fused-ring (bicyclic) bond motifs is 2. The average molecular weight is 387 g/mol. The third-order valence-corrected chi connectivity index (χ3v) is 5.74. The van der Waals surface area contributed by atoms with Crippen LogP contribution in [-0.2, 0) is 17.6 Å². The molecule has 0 saturated carbocycles. The van der Waals surface area contributed by atoms with Crippen LogP contribution in [0.3, 0.4) is 0 Å². The van der Waals surface area contributed by atoms with E-state index < -0.39 is 5.97 Å². The van der Waals surface area contributed by atoms with Crippen molar-refractivity contribution in [2.45, 2.75) is 40.0 Å². The largest absolute Gasteiger partial charge is 0.454 e. The van der Waals surface area contributed by atoms with E-state index in [1.807, 2.05) is 56.3 Å². The van der Waals surface area contributed by atoms with Crippen molar-refractivity contribution in [1.29, 1.82) is 0 Å². The van der Waals surface area contributed by atoms with Gasteiger partial charge in [0.05, 0.1) is 11.1 Å². The first-order valence-electron chi connectivity index (χ1n) is 10.1. The number of carbonyl (C=O) groups is 2. The number of pyridine rings is 1. The molecule has 0 radical (unpaired) electrons. The van der Waals surface area contributed by atoms with Crippen LogP contribution in [0.5, 0.6) is 0 Å². The number of ether oxygens (including phenoxy) is 1. The van der Waals surface area contributed by atoms with Gasteiger partial charge in [0.2, 0.25) is 5.78 Å². The van der Waals surface area contributed by atoms with Crippen LogP contribution < -0.4 is 0 Å². The van der Waals surface area contributed by atoms with Gasteiger partial charge in [-0.15, -0.1) is 0 Å². The molecule has 1 aromatic heterocycles. The van der Waals surface area contributed by atoms with Gasteiger partial charge in [-0.3, -0.25) is 9.78 Å². The predicted molar refractivity (Wildman–Crippen MR) is 113 cm³/mol. The SMILES string of the molecule is Cc1ccc(C)c(C(=O)COC(=O)c2c3c(nc4ccccc24)CCC(C)C3)c1. The molecule has 1 atom stereocenters. The number of nitrogens with zero attached hydrogens (tertiary/aromatic N) is 1. The zero-order chi connectivity index (χ0) is 20.5. The van der Waals surface area contributed by atoms with Crippen LogP contribution in [0.25, 0.3) is 10.9 Å². The Labute approximate surface area is 170 Å². The van der Waals surface area contributed by atoms with Crippen LogP contribution >= 0.6 is 0 Å². The lowest BCUT2D eigenvalue weighted by Crippen LogP contribution is -2.21. The molecule has 0 fully saturated rings. The summed E-state index contributed by atoms with van der Waals surface area (Å²) < 4.78 is 5.53. The van der Waals surface area contributed by atoms with Gasteiger partial charge in [-0.25, -0.2) is 4.79 Å². The molecule has 0 saturated heterocycles. The predicted octanol–water partition coefficient (Wildman–Crippen LogP) is 5.02. The Morgan fingerprint density at radius 2 is 1.93 bits per heavy atom. The first-order valence-corrected chi connectivity index (χ1v) is 10.1. The van der Waals surface area contributed by atoms with E-state index in [-0.39, 0.29) is 12.4 Å². The van der Waals surface area contributed by atoms with Gasteiger partial charge in [-0.2, -0.15) is 0 Å². The topological polar surface area (TPSA) is 56.3 Å². The minimum atomic E-state index is -0.437. The lowest BCUT2D eigenvalue weighted by Gasteiger charge is -2.24. The third-order valence-electron chi connectivity index (χ3n) is 5.74. The highest BCUT2D eigenvalue weighted by atomic mass is 16.5. The third kappa shape index (κ3) is 3.80. The Bertz CT molecular complexity index is 1120. The Balaban J connectivity index is 1.66. The molecule has 29 heavy (non-hydrogen) atoms. The van der Waals surface area contributed by atoms with Crippen molar-refractivity contribution in [2.75, 3.05) is 6.61 Å². The highest BCUT2D eigenvalue weighted by molar-refractivity contribution is 6.06. The summed E-state index contributed by atoms with van der Waals surface area (Å²) in [4.78, 5) is 30.6. The molecule has 2 aromatic carbocycles. The van der Waals surface area contributed by atoms with Crippen LogP contribution in [-0.4, -0.2) is 23.3 Å². The zero-order valence-electron chi connectivity index (χ0n) is 17.1. The van der Waals surface area contributed by atoms with Crippen LogP contribution in [0.1, 0.15) is 56.4 Å². The number of aryl methyl sites for hydroxylation is 3. The van der Waals surface area contributed by atoms with Crippen molar-refractivity contribution in [3.63, 3.8) is 0 Å². The number of Topliss-reactive ketones (excluding diaryl/α,β-unsaturated/α-hetero) is 1. The second kappa shape index (κ2) is 7.78. The molecule has 4 rings (SSSR count). The number of carbonyl (C=O) groups excluding carboxylic acids is 2. The summed E-state index contributed by atoms with van der Waals surface area (Å²) in [5.41, 5.74) is 5.83. The highest BCUT2D eigenvalue weighted by Crippen LogP contribution is 2.32. The Morgan fingerprint density at radius 1 is 1.14 bits per heavy atom. The van der Waals surface area contributed by atoms with Gasteiger partial charge in [0.1, 0.15) is 0 Å². The first-order chi connectivity index (χ1) is 13.9. The van der Waals surface area contributed by atoms with Crippen molar-refractivity contribution in [1.82, 2.24) is 4.98 Å².